The van der Waals surface area contributed by atoms with Crippen LogP contribution in [0.25, 0.3) is 0 Å². The molecule has 6 heteroatoms. The SMILES string of the molecule is COC(=O)c1occc1CNCc1nccn1C. The van der Waals surface area contributed by atoms with Crippen molar-refractivity contribution in [3.05, 3.63) is 41.9 Å². The Labute approximate surface area is 105 Å². The maximum Gasteiger partial charge on any atom is 0.374 e. The molecule has 2 rings (SSSR count). The monoisotopic (exact) mass is 249 g/mol. The van der Waals surface area contributed by atoms with Crippen molar-refractivity contribution < 1.29 is 13.9 Å². The largest absolute Gasteiger partial charge is 0.463 e. The first-order valence-electron chi connectivity index (χ1n) is 5.54. The third-order valence-electron chi connectivity index (χ3n) is 2.64. The molecule has 2 aromatic heterocycles. The van der Waals surface area contributed by atoms with Crippen molar-refractivity contribution >= 4 is 5.97 Å². The summed E-state index contributed by atoms with van der Waals surface area (Å²) in [5.74, 6) is 0.705. The molecule has 2 heterocycles. The first kappa shape index (κ1) is 12.4. The van der Waals surface area contributed by atoms with E-state index in [1.54, 1.807) is 12.3 Å². The number of esters is 1. The van der Waals surface area contributed by atoms with E-state index < -0.39 is 5.97 Å². The van der Waals surface area contributed by atoms with Gasteiger partial charge in [-0.3, -0.25) is 0 Å². The highest BCUT2D eigenvalue weighted by Gasteiger charge is 2.15. The number of nitrogens with one attached hydrogen (secondary N) is 1. The quantitative estimate of drug-likeness (QED) is 0.803. The zero-order chi connectivity index (χ0) is 13.0. The van der Waals surface area contributed by atoms with Gasteiger partial charge in [-0.15, -0.1) is 0 Å². The smallest absolute Gasteiger partial charge is 0.374 e. The van der Waals surface area contributed by atoms with Crippen molar-refractivity contribution in [3.63, 3.8) is 0 Å². The van der Waals surface area contributed by atoms with E-state index in [4.69, 9.17) is 4.42 Å². The number of nitrogens with zero attached hydrogens (tertiary/aromatic N) is 2. The first-order valence-corrected chi connectivity index (χ1v) is 5.54. The van der Waals surface area contributed by atoms with E-state index in [1.807, 2.05) is 17.8 Å². The zero-order valence-electron chi connectivity index (χ0n) is 10.3. The molecule has 6 nitrogen and oxygen atoms in total. The molecule has 0 bridgehead atoms. The molecule has 0 aromatic carbocycles. The number of hydrogen-bond donors (Lipinski definition) is 1. The molecule has 0 spiro atoms. The molecular formula is C12H15N3O3. The maximum absolute atomic E-state index is 11.4. The van der Waals surface area contributed by atoms with Crippen LogP contribution in [0.3, 0.4) is 0 Å². The van der Waals surface area contributed by atoms with Crippen LogP contribution in [-0.2, 0) is 24.9 Å². The van der Waals surface area contributed by atoms with E-state index in [9.17, 15) is 4.79 Å². The molecule has 96 valence electrons. The standard InChI is InChI=1S/C12H15N3O3/c1-15-5-4-14-10(15)8-13-7-9-3-6-18-11(9)12(16)17-2/h3-6,13H,7-8H2,1-2H3. The van der Waals surface area contributed by atoms with Gasteiger partial charge in [0.1, 0.15) is 5.82 Å². The lowest BCUT2D eigenvalue weighted by Crippen LogP contribution is -2.17. The minimum Gasteiger partial charge on any atom is -0.463 e. The lowest BCUT2D eigenvalue weighted by atomic mass is 10.2. The number of aromatic nitrogens is 2. The second-order valence-corrected chi connectivity index (χ2v) is 3.82. The molecule has 18 heavy (non-hydrogen) atoms. The van der Waals surface area contributed by atoms with E-state index in [0.29, 0.717) is 13.1 Å². The van der Waals surface area contributed by atoms with Crippen LogP contribution < -0.4 is 5.32 Å². The Morgan fingerprint density at radius 2 is 2.39 bits per heavy atom. The Balaban J connectivity index is 1.93. The predicted molar refractivity (Wildman–Crippen MR) is 63.8 cm³/mol. The first-order chi connectivity index (χ1) is 8.72. The lowest BCUT2D eigenvalue weighted by Gasteiger charge is -2.04. The molecule has 0 aliphatic heterocycles. The van der Waals surface area contributed by atoms with Crippen molar-refractivity contribution in [1.82, 2.24) is 14.9 Å². The van der Waals surface area contributed by atoms with Crippen molar-refractivity contribution in [2.75, 3.05) is 7.11 Å². The fourth-order valence-electron chi connectivity index (χ4n) is 1.62. The van der Waals surface area contributed by atoms with Crippen molar-refractivity contribution in [2.45, 2.75) is 13.1 Å². The van der Waals surface area contributed by atoms with Crippen LogP contribution >= 0.6 is 0 Å². The minimum absolute atomic E-state index is 0.241. The Morgan fingerprint density at radius 3 is 3.06 bits per heavy atom. The maximum atomic E-state index is 11.4. The molecule has 2 aromatic rings. The molecule has 0 radical (unpaired) electrons. The molecule has 0 saturated carbocycles. The van der Waals surface area contributed by atoms with Gasteiger partial charge in [0.05, 0.1) is 19.9 Å². The third-order valence-corrected chi connectivity index (χ3v) is 2.64. The van der Waals surface area contributed by atoms with Crippen LogP contribution in [0.1, 0.15) is 21.9 Å². The fraction of sp³-hybridized carbons (Fsp3) is 0.333. The number of furan rings is 1. The summed E-state index contributed by atoms with van der Waals surface area (Å²) >= 11 is 0. The Hall–Kier alpha value is -2.08. The average Bonchev–Trinajstić information content (AvgIpc) is 2.98. The second-order valence-electron chi connectivity index (χ2n) is 3.82. The van der Waals surface area contributed by atoms with Gasteiger partial charge in [-0.1, -0.05) is 0 Å². The third kappa shape index (κ3) is 2.60. The van der Waals surface area contributed by atoms with Crippen LogP contribution in [0.15, 0.2) is 29.1 Å². The zero-order valence-corrected chi connectivity index (χ0v) is 10.3. The Kier molecular flexibility index (Phi) is 3.78. The molecule has 0 aliphatic rings. The van der Waals surface area contributed by atoms with Crippen molar-refractivity contribution in [1.29, 1.82) is 0 Å². The predicted octanol–water partition coefficient (Wildman–Crippen LogP) is 1.09. The van der Waals surface area contributed by atoms with E-state index in [-0.39, 0.29) is 5.76 Å². The highest BCUT2D eigenvalue weighted by atomic mass is 16.5. The summed E-state index contributed by atoms with van der Waals surface area (Å²) in [6, 6.07) is 1.75. The van der Waals surface area contributed by atoms with Crippen LogP contribution in [0, 0.1) is 0 Å². The Morgan fingerprint density at radius 1 is 1.56 bits per heavy atom. The Bertz CT molecular complexity index is 530. The van der Waals surface area contributed by atoms with Crippen molar-refractivity contribution in [3.8, 4) is 0 Å². The van der Waals surface area contributed by atoms with E-state index in [1.165, 1.54) is 13.4 Å². The summed E-state index contributed by atoms with van der Waals surface area (Å²) in [4.78, 5) is 15.6. The van der Waals surface area contributed by atoms with Gasteiger partial charge in [0, 0.05) is 31.5 Å². The van der Waals surface area contributed by atoms with Crippen molar-refractivity contribution in [2.24, 2.45) is 7.05 Å². The van der Waals surface area contributed by atoms with Gasteiger partial charge in [-0.25, -0.2) is 9.78 Å². The van der Waals surface area contributed by atoms with E-state index in [2.05, 4.69) is 15.0 Å². The minimum atomic E-state index is -0.464. The molecule has 0 saturated heterocycles. The van der Waals surface area contributed by atoms with E-state index >= 15 is 0 Å². The van der Waals surface area contributed by atoms with Gasteiger partial charge >= 0.3 is 5.97 Å². The summed E-state index contributed by atoms with van der Waals surface area (Å²) in [6.45, 7) is 1.14. The number of hydrogen-bond acceptors (Lipinski definition) is 5. The lowest BCUT2D eigenvalue weighted by molar-refractivity contribution is 0.0563. The molecule has 0 unspecified atom stereocenters. The highest BCUT2D eigenvalue weighted by molar-refractivity contribution is 5.87. The molecular weight excluding hydrogens is 234 g/mol. The summed E-state index contributed by atoms with van der Waals surface area (Å²) in [7, 11) is 3.26. The van der Waals surface area contributed by atoms with Crippen LogP contribution in [0.4, 0.5) is 0 Å². The molecule has 0 aliphatic carbocycles. The summed E-state index contributed by atoms with van der Waals surface area (Å²) in [5.41, 5.74) is 0.774. The fourth-order valence-corrected chi connectivity index (χ4v) is 1.62. The van der Waals surface area contributed by atoms with Crippen LogP contribution in [0.2, 0.25) is 0 Å². The number of rotatable bonds is 5. The molecule has 0 fully saturated rings. The van der Waals surface area contributed by atoms with Gasteiger partial charge in [-0.05, 0) is 6.07 Å². The van der Waals surface area contributed by atoms with Gasteiger partial charge in [0.2, 0.25) is 5.76 Å². The van der Waals surface area contributed by atoms with Gasteiger partial charge in [0.25, 0.3) is 0 Å². The van der Waals surface area contributed by atoms with Crippen LogP contribution in [-0.4, -0.2) is 22.6 Å². The molecule has 0 amide bonds. The topological polar surface area (TPSA) is 69.3 Å². The number of methoxy groups -OCH3 is 1. The highest BCUT2D eigenvalue weighted by Crippen LogP contribution is 2.11. The number of carbonyl (C=O) groups excluding carboxylic acids is 1. The number of ether oxygens (including phenoxy) is 1. The van der Waals surface area contributed by atoms with Gasteiger partial charge in [-0.2, -0.15) is 0 Å². The summed E-state index contributed by atoms with van der Waals surface area (Å²) in [5, 5.41) is 3.20. The summed E-state index contributed by atoms with van der Waals surface area (Å²) in [6.07, 6.45) is 5.10. The average molecular weight is 249 g/mol. The van der Waals surface area contributed by atoms with E-state index in [0.717, 1.165) is 11.4 Å². The van der Waals surface area contributed by atoms with Gasteiger partial charge < -0.3 is 19.0 Å². The summed E-state index contributed by atoms with van der Waals surface area (Å²) < 4.78 is 11.7. The number of aryl methyl sites for hydroxylation is 1. The van der Waals surface area contributed by atoms with Crippen LogP contribution in [0.5, 0.6) is 0 Å². The van der Waals surface area contributed by atoms with Gasteiger partial charge in [0.15, 0.2) is 0 Å². The number of imidazole rings is 1. The second kappa shape index (κ2) is 5.50. The normalized spacial score (nSPS) is 10.6. The number of carbonyl (C=O) groups is 1. The molecule has 1 N–H and O–H groups in total. The molecule has 0 atom stereocenters.